The van der Waals surface area contributed by atoms with E-state index in [9.17, 15) is 0 Å². The molecule has 3 aromatic carbocycles. The Morgan fingerprint density at radius 1 is 0.633 bits per heavy atom. The molecule has 154 valence electrons. The Morgan fingerprint density at radius 2 is 1.00 bits per heavy atom. The molecule has 0 unspecified atom stereocenters. The van der Waals surface area contributed by atoms with Gasteiger partial charge in [-0.2, -0.15) is 0 Å². The molecule has 0 aromatic heterocycles. The first-order valence-electron chi connectivity index (χ1n) is 10.2. The van der Waals surface area contributed by atoms with Crippen LogP contribution in [0.1, 0.15) is 45.9 Å². The highest BCUT2D eigenvalue weighted by molar-refractivity contribution is 5.57. The van der Waals surface area contributed by atoms with Gasteiger partial charge in [-0.1, -0.05) is 67.8 Å². The van der Waals surface area contributed by atoms with Crippen LogP contribution in [0.3, 0.4) is 0 Å². The molecule has 0 N–H and O–H groups in total. The van der Waals surface area contributed by atoms with Crippen LogP contribution in [0.15, 0.2) is 80.3 Å². The van der Waals surface area contributed by atoms with E-state index >= 15 is 0 Å². The van der Waals surface area contributed by atoms with Crippen molar-refractivity contribution < 1.29 is 9.47 Å². The van der Waals surface area contributed by atoms with E-state index in [-0.39, 0.29) is 5.41 Å². The summed E-state index contributed by atoms with van der Waals surface area (Å²) in [5.74, 6) is 1.73. The smallest absolute Gasteiger partial charge is 0.132 e. The fourth-order valence-electron chi connectivity index (χ4n) is 4.29. The number of benzene rings is 3. The van der Waals surface area contributed by atoms with Crippen molar-refractivity contribution in [2.75, 3.05) is 0 Å². The quantitative estimate of drug-likeness (QED) is 0.307. The lowest BCUT2D eigenvalue weighted by molar-refractivity contribution is 0.474. The van der Waals surface area contributed by atoms with Crippen LogP contribution in [0.2, 0.25) is 0 Å². The van der Waals surface area contributed by atoms with Gasteiger partial charge in [-0.3, -0.25) is 0 Å². The van der Waals surface area contributed by atoms with Crippen molar-refractivity contribution in [1.29, 1.82) is 0 Å². The summed E-state index contributed by atoms with van der Waals surface area (Å²) in [5, 5.41) is 0. The van der Waals surface area contributed by atoms with Gasteiger partial charge in [-0.25, -0.2) is 0 Å². The molecule has 0 saturated heterocycles. The van der Waals surface area contributed by atoms with Crippen LogP contribution in [0, 0.1) is 27.7 Å². The van der Waals surface area contributed by atoms with Crippen molar-refractivity contribution in [1.82, 2.24) is 0 Å². The highest BCUT2D eigenvalue weighted by Crippen LogP contribution is 2.43. The zero-order valence-electron chi connectivity index (χ0n) is 18.6. The van der Waals surface area contributed by atoms with E-state index in [1.807, 2.05) is 0 Å². The summed E-state index contributed by atoms with van der Waals surface area (Å²) in [7, 11) is 0. The lowest BCUT2D eigenvalue weighted by atomic mass is 9.70. The summed E-state index contributed by atoms with van der Waals surface area (Å²) < 4.78 is 11.3. The molecule has 3 rings (SSSR count). The zero-order valence-corrected chi connectivity index (χ0v) is 18.6. The van der Waals surface area contributed by atoms with Gasteiger partial charge in [0, 0.05) is 5.41 Å². The molecule has 0 saturated carbocycles. The Balaban J connectivity index is 2.30. The minimum Gasteiger partial charge on any atom is -0.465 e. The molecule has 0 amide bonds. The fourth-order valence-corrected chi connectivity index (χ4v) is 4.29. The summed E-state index contributed by atoms with van der Waals surface area (Å²) in [6, 6.07) is 19.5. The van der Waals surface area contributed by atoms with E-state index in [4.69, 9.17) is 9.47 Å². The Morgan fingerprint density at radius 3 is 1.33 bits per heavy atom. The number of ether oxygens (including phenoxy) is 2. The standard InChI is InChI=1S/C28H30O2/c1-8-29-26-19(3)15-24(16-20(26)4)28(7,23-13-11-10-12-14-23)25-17-21(5)27(30-9-2)22(6)18-25/h8-18H,1-2H2,3-7H3. The molecule has 0 aliphatic heterocycles. The van der Waals surface area contributed by atoms with Crippen molar-refractivity contribution in [3.8, 4) is 11.5 Å². The molecule has 0 aliphatic rings. The van der Waals surface area contributed by atoms with Gasteiger partial charge in [-0.15, -0.1) is 0 Å². The summed E-state index contributed by atoms with van der Waals surface area (Å²) >= 11 is 0. The summed E-state index contributed by atoms with van der Waals surface area (Å²) in [4.78, 5) is 0. The van der Waals surface area contributed by atoms with Crippen molar-refractivity contribution in [2.45, 2.75) is 40.0 Å². The predicted molar refractivity (Wildman–Crippen MR) is 125 cm³/mol. The zero-order chi connectivity index (χ0) is 21.9. The third-order valence-electron chi connectivity index (χ3n) is 5.83. The van der Waals surface area contributed by atoms with E-state index in [1.54, 1.807) is 0 Å². The van der Waals surface area contributed by atoms with E-state index in [0.717, 1.165) is 33.8 Å². The highest BCUT2D eigenvalue weighted by atomic mass is 16.5. The van der Waals surface area contributed by atoms with Gasteiger partial charge >= 0.3 is 0 Å². The SMILES string of the molecule is C=COc1c(C)cc(C(C)(c2ccccc2)c2cc(C)c(OC=C)c(C)c2)cc1C. The predicted octanol–water partition coefficient (Wildman–Crippen LogP) is 7.32. The first-order valence-corrected chi connectivity index (χ1v) is 10.2. The molecule has 0 atom stereocenters. The molecule has 0 fully saturated rings. The monoisotopic (exact) mass is 398 g/mol. The van der Waals surface area contributed by atoms with E-state index in [1.165, 1.54) is 29.2 Å². The molecule has 0 heterocycles. The average Bonchev–Trinajstić information content (AvgIpc) is 2.73. The van der Waals surface area contributed by atoms with Gasteiger partial charge < -0.3 is 9.47 Å². The van der Waals surface area contributed by atoms with E-state index in [0.29, 0.717) is 0 Å². The summed E-state index contributed by atoms with van der Waals surface area (Å²) in [6.45, 7) is 18.0. The topological polar surface area (TPSA) is 18.5 Å². The fraction of sp³-hybridized carbons (Fsp3) is 0.214. The Labute approximate surface area is 180 Å². The number of aryl methyl sites for hydroxylation is 4. The maximum absolute atomic E-state index is 5.67. The van der Waals surface area contributed by atoms with Crippen molar-refractivity contribution in [3.05, 3.63) is 119 Å². The molecule has 0 radical (unpaired) electrons. The Hall–Kier alpha value is -3.26. The normalized spacial score (nSPS) is 11.1. The molecular weight excluding hydrogens is 368 g/mol. The van der Waals surface area contributed by atoms with Crippen LogP contribution in [0.25, 0.3) is 0 Å². The third kappa shape index (κ3) is 3.78. The molecule has 2 nitrogen and oxygen atoms in total. The van der Waals surface area contributed by atoms with Crippen LogP contribution in [0.5, 0.6) is 11.5 Å². The molecule has 2 heteroatoms. The van der Waals surface area contributed by atoms with Gasteiger partial charge in [0.25, 0.3) is 0 Å². The lowest BCUT2D eigenvalue weighted by Gasteiger charge is -2.34. The lowest BCUT2D eigenvalue weighted by Crippen LogP contribution is -2.26. The number of rotatable bonds is 7. The van der Waals surface area contributed by atoms with Crippen LogP contribution in [-0.4, -0.2) is 0 Å². The first-order chi connectivity index (χ1) is 14.3. The summed E-state index contributed by atoms with van der Waals surface area (Å²) in [5.41, 5.74) is 7.69. The number of hydrogen-bond donors (Lipinski definition) is 0. The molecule has 0 bridgehead atoms. The minimum absolute atomic E-state index is 0.342. The van der Waals surface area contributed by atoms with Crippen molar-refractivity contribution >= 4 is 0 Å². The van der Waals surface area contributed by atoms with E-state index < -0.39 is 0 Å². The average molecular weight is 399 g/mol. The van der Waals surface area contributed by atoms with Crippen molar-refractivity contribution in [2.24, 2.45) is 0 Å². The maximum Gasteiger partial charge on any atom is 0.132 e. The second kappa shape index (κ2) is 8.62. The summed E-state index contributed by atoms with van der Waals surface area (Å²) in [6.07, 6.45) is 2.97. The molecule has 0 aliphatic carbocycles. The molecule has 30 heavy (non-hydrogen) atoms. The molecule has 3 aromatic rings. The maximum atomic E-state index is 5.67. The Bertz CT molecular complexity index is 966. The Kier molecular flexibility index (Phi) is 6.17. The largest absolute Gasteiger partial charge is 0.465 e. The van der Waals surface area contributed by atoms with Crippen LogP contribution >= 0.6 is 0 Å². The van der Waals surface area contributed by atoms with Gasteiger partial charge in [0.2, 0.25) is 0 Å². The second-order valence-electron chi connectivity index (χ2n) is 7.94. The highest BCUT2D eigenvalue weighted by Gasteiger charge is 2.33. The van der Waals surface area contributed by atoms with Gasteiger partial charge in [0.15, 0.2) is 0 Å². The second-order valence-corrected chi connectivity index (χ2v) is 7.94. The van der Waals surface area contributed by atoms with Crippen LogP contribution < -0.4 is 9.47 Å². The molecular formula is C28H30O2. The number of hydrogen-bond acceptors (Lipinski definition) is 2. The van der Waals surface area contributed by atoms with Crippen LogP contribution in [0.4, 0.5) is 0 Å². The third-order valence-corrected chi connectivity index (χ3v) is 5.83. The van der Waals surface area contributed by atoms with Crippen LogP contribution in [-0.2, 0) is 5.41 Å². The van der Waals surface area contributed by atoms with Gasteiger partial charge in [0.05, 0.1) is 12.5 Å². The van der Waals surface area contributed by atoms with E-state index in [2.05, 4.69) is 102 Å². The van der Waals surface area contributed by atoms with Gasteiger partial charge in [-0.05, 0) is 73.6 Å². The van der Waals surface area contributed by atoms with Crippen molar-refractivity contribution in [3.63, 3.8) is 0 Å². The van der Waals surface area contributed by atoms with Gasteiger partial charge in [0.1, 0.15) is 11.5 Å². The minimum atomic E-state index is -0.342. The molecule has 0 spiro atoms. The first kappa shape index (κ1) is 21.4.